The van der Waals surface area contributed by atoms with Crippen LogP contribution in [0.5, 0.6) is 0 Å². The lowest BCUT2D eigenvalue weighted by Gasteiger charge is -2.10. The minimum Gasteiger partial charge on any atom is -0.465 e. The molecule has 0 aromatic rings. The predicted octanol–water partition coefficient (Wildman–Crippen LogP) is 0.771. The Morgan fingerprint density at radius 2 is 2.07 bits per heavy atom. The normalized spacial score (nSPS) is 14.7. The van der Waals surface area contributed by atoms with Crippen LogP contribution in [0.2, 0.25) is 0 Å². The number of aliphatic hydroxyl groups excluding tert-OH is 1. The SMILES string of the molecule is CCOC(=O)C(N)CCSCCC(C)O. The van der Waals surface area contributed by atoms with Crippen LogP contribution in [0.1, 0.15) is 26.7 Å². The van der Waals surface area contributed by atoms with Crippen molar-refractivity contribution in [1.82, 2.24) is 0 Å². The molecule has 2 atom stereocenters. The van der Waals surface area contributed by atoms with Gasteiger partial charge in [-0.1, -0.05) is 0 Å². The van der Waals surface area contributed by atoms with Gasteiger partial charge in [-0.05, 0) is 38.2 Å². The number of carbonyl (C=O) groups excluding carboxylic acids is 1. The lowest BCUT2D eigenvalue weighted by Crippen LogP contribution is -2.32. The zero-order valence-corrected chi connectivity index (χ0v) is 10.3. The number of ether oxygens (including phenoxy) is 1. The van der Waals surface area contributed by atoms with Crippen molar-refractivity contribution in [2.45, 2.75) is 38.8 Å². The molecule has 4 nitrogen and oxygen atoms in total. The molecular weight excluding hydrogens is 214 g/mol. The van der Waals surface area contributed by atoms with Crippen LogP contribution in [0.15, 0.2) is 0 Å². The van der Waals surface area contributed by atoms with Gasteiger partial charge >= 0.3 is 5.97 Å². The molecule has 0 bridgehead atoms. The Labute approximate surface area is 95.6 Å². The van der Waals surface area contributed by atoms with Crippen LogP contribution in [-0.2, 0) is 9.53 Å². The molecule has 0 rings (SSSR count). The molecule has 0 aliphatic rings. The first-order valence-electron chi connectivity index (χ1n) is 5.26. The highest BCUT2D eigenvalue weighted by Gasteiger charge is 2.13. The molecule has 0 aliphatic heterocycles. The van der Waals surface area contributed by atoms with E-state index in [0.29, 0.717) is 13.0 Å². The highest BCUT2D eigenvalue weighted by Crippen LogP contribution is 2.08. The van der Waals surface area contributed by atoms with Gasteiger partial charge in [-0.3, -0.25) is 4.79 Å². The summed E-state index contributed by atoms with van der Waals surface area (Å²) in [7, 11) is 0. The van der Waals surface area contributed by atoms with Gasteiger partial charge in [-0.25, -0.2) is 0 Å². The van der Waals surface area contributed by atoms with Crippen molar-refractivity contribution in [3.8, 4) is 0 Å². The van der Waals surface area contributed by atoms with E-state index in [1.807, 2.05) is 0 Å². The van der Waals surface area contributed by atoms with Gasteiger partial charge in [-0.15, -0.1) is 0 Å². The summed E-state index contributed by atoms with van der Waals surface area (Å²) in [4.78, 5) is 11.1. The second kappa shape index (κ2) is 9.00. The maximum atomic E-state index is 11.1. The summed E-state index contributed by atoms with van der Waals surface area (Å²) in [6, 6.07) is -0.510. The van der Waals surface area contributed by atoms with Crippen LogP contribution in [0.3, 0.4) is 0 Å². The van der Waals surface area contributed by atoms with Crippen molar-refractivity contribution in [3.05, 3.63) is 0 Å². The number of nitrogens with two attached hydrogens (primary N) is 1. The van der Waals surface area contributed by atoms with Gasteiger partial charge in [0.25, 0.3) is 0 Å². The number of hydrogen-bond acceptors (Lipinski definition) is 5. The maximum Gasteiger partial charge on any atom is 0.322 e. The largest absolute Gasteiger partial charge is 0.465 e. The molecule has 0 heterocycles. The summed E-state index contributed by atoms with van der Waals surface area (Å²) in [5.41, 5.74) is 5.61. The Morgan fingerprint density at radius 3 is 2.60 bits per heavy atom. The van der Waals surface area contributed by atoms with Crippen molar-refractivity contribution >= 4 is 17.7 Å². The fourth-order valence-electron chi connectivity index (χ4n) is 0.933. The molecule has 15 heavy (non-hydrogen) atoms. The van der Waals surface area contributed by atoms with Crippen LogP contribution < -0.4 is 5.73 Å². The van der Waals surface area contributed by atoms with Gasteiger partial charge in [0.05, 0.1) is 12.7 Å². The summed E-state index contributed by atoms with van der Waals surface area (Å²) >= 11 is 1.70. The van der Waals surface area contributed by atoms with Crippen LogP contribution >= 0.6 is 11.8 Å². The predicted molar refractivity (Wildman–Crippen MR) is 62.8 cm³/mol. The van der Waals surface area contributed by atoms with E-state index in [1.54, 1.807) is 25.6 Å². The van der Waals surface area contributed by atoms with Crippen molar-refractivity contribution in [2.75, 3.05) is 18.1 Å². The molecule has 3 N–H and O–H groups in total. The zero-order valence-electron chi connectivity index (χ0n) is 9.44. The molecule has 0 radical (unpaired) electrons. The van der Waals surface area contributed by atoms with Gasteiger partial charge in [0.1, 0.15) is 6.04 Å². The Balaban J connectivity index is 3.38. The first kappa shape index (κ1) is 14.7. The molecule has 0 saturated heterocycles. The van der Waals surface area contributed by atoms with Crippen molar-refractivity contribution in [1.29, 1.82) is 0 Å². The van der Waals surface area contributed by atoms with Gasteiger partial charge in [-0.2, -0.15) is 11.8 Å². The standard InChI is InChI=1S/C10H21NO3S/c1-3-14-10(13)9(11)5-7-15-6-4-8(2)12/h8-9,12H,3-7,11H2,1-2H3. The fraction of sp³-hybridized carbons (Fsp3) is 0.900. The highest BCUT2D eigenvalue weighted by atomic mass is 32.2. The third-order valence-electron chi connectivity index (χ3n) is 1.84. The quantitative estimate of drug-likeness (QED) is 0.480. The van der Waals surface area contributed by atoms with Crippen LogP contribution in [-0.4, -0.2) is 41.3 Å². The Bertz CT molecular complexity index is 176. The molecule has 0 aromatic heterocycles. The Hall–Kier alpha value is -0.260. The van der Waals surface area contributed by atoms with E-state index in [9.17, 15) is 4.79 Å². The average molecular weight is 235 g/mol. The fourth-order valence-corrected chi connectivity index (χ4v) is 2.07. The summed E-state index contributed by atoms with van der Waals surface area (Å²) < 4.78 is 4.79. The third kappa shape index (κ3) is 8.72. The Kier molecular flexibility index (Phi) is 8.85. The topological polar surface area (TPSA) is 72.5 Å². The lowest BCUT2D eigenvalue weighted by molar-refractivity contribution is -0.144. The van der Waals surface area contributed by atoms with E-state index in [2.05, 4.69) is 0 Å². The summed E-state index contributed by atoms with van der Waals surface area (Å²) in [6.07, 6.45) is 1.15. The second-order valence-corrected chi connectivity index (χ2v) is 4.62. The second-order valence-electron chi connectivity index (χ2n) is 3.40. The molecule has 5 heteroatoms. The molecule has 0 fully saturated rings. The minimum atomic E-state index is -0.510. The first-order chi connectivity index (χ1) is 7.07. The summed E-state index contributed by atoms with van der Waals surface area (Å²) in [5.74, 6) is 1.40. The van der Waals surface area contributed by atoms with Crippen molar-refractivity contribution in [2.24, 2.45) is 5.73 Å². The van der Waals surface area contributed by atoms with E-state index in [-0.39, 0.29) is 12.1 Å². The van der Waals surface area contributed by atoms with Crippen molar-refractivity contribution in [3.63, 3.8) is 0 Å². The van der Waals surface area contributed by atoms with Crippen LogP contribution in [0, 0.1) is 0 Å². The molecular formula is C10H21NO3S. The van der Waals surface area contributed by atoms with E-state index < -0.39 is 6.04 Å². The smallest absolute Gasteiger partial charge is 0.322 e. The number of rotatable bonds is 8. The summed E-state index contributed by atoms with van der Waals surface area (Å²) in [6.45, 7) is 3.91. The monoisotopic (exact) mass is 235 g/mol. The zero-order chi connectivity index (χ0) is 11.7. The molecule has 2 unspecified atom stereocenters. The molecule has 90 valence electrons. The number of aliphatic hydroxyl groups is 1. The highest BCUT2D eigenvalue weighted by molar-refractivity contribution is 7.99. The molecule has 0 amide bonds. The van der Waals surface area contributed by atoms with E-state index >= 15 is 0 Å². The van der Waals surface area contributed by atoms with Gasteiger partial charge in [0.2, 0.25) is 0 Å². The number of thioether (sulfide) groups is 1. The molecule has 0 spiro atoms. The van der Waals surface area contributed by atoms with Crippen molar-refractivity contribution < 1.29 is 14.6 Å². The Morgan fingerprint density at radius 1 is 1.47 bits per heavy atom. The first-order valence-corrected chi connectivity index (χ1v) is 6.41. The molecule has 0 saturated carbocycles. The minimum absolute atomic E-state index is 0.253. The van der Waals surface area contributed by atoms with E-state index in [0.717, 1.165) is 17.9 Å². The maximum absolute atomic E-state index is 11.1. The average Bonchev–Trinajstić information content (AvgIpc) is 2.16. The molecule has 0 aliphatic carbocycles. The van der Waals surface area contributed by atoms with Crippen LogP contribution in [0.4, 0.5) is 0 Å². The number of hydrogen-bond donors (Lipinski definition) is 2. The van der Waals surface area contributed by atoms with E-state index in [1.165, 1.54) is 0 Å². The van der Waals surface area contributed by atoms with Crippen LogP contribution in [0.25, 0.3) is 0 Å². The third-order valence-corrected chi connectivity index (χ3v) is 2.89. The van der Waals surface area contributed by atoms with Gasteiger partial charge < -0.3 is 15.6 Å². The lowest BCUT2D eigenvalue weighted by atomic mass is 10.2. The number of esters is 1. The number of carbonyl (C=O) groups is 1. The summed E-state index contributed by atoms with van der Waals surface area (Å²) in [5, 5.41) is 9.01. The van der Waals surface area contributed by atoms with E-state index in [4.69, 9.17) is 15.6 Å². The molecule has 0 aromatic carbocycles. The van der Waals surface area contributed by atoms with Gasteiger partial charge in [0.15, 0.2) is 0 Å². The van der Waals surface area contributed by atoms with Gasteiger partial charge in [0, 0.05) is 0 Å².